The van der Waals surface area contributed by atoms with Gasteiger partial charge in [0.25, 0.3) is 0 Å². The van der Waals surface area contributed by atoms with Gasteiger partial charge < -0.3 is 10.0 Å². The van der Waals surface area contributed by atoms with Gasteiger partial charge in [-0.15, -0.1) is 0 Å². The topological polar surface area (TPSA) is 23.5 Å². The van der Waals surface area contributed by atoms with Gasteiger partial charge in [0.1, 0.15) is 11.6 Å². The molecule has 2 aromatic carbocycles. The van der Waals surface area contributed by atoms with Gasteiger partial charge in [0.2, 0.25) is 0 Å². The van der Waals surface area contributed by atoms with Gasteiger partial charge in [-0.1, -0.05) is 12.1 Å². The summed E-state index contributed by atoms with van der Waals surface area (Å²) < 4.78 is 25.6. The molecule has 1 N–H and O–H groups in total. The maximum atomic E-state index is 12.8. The van der Waals surface area contributed by atoms with E-state index in [9.17, 15) is 13.9 Å². The molecule has 0 aliphatic rings. The van der Waals surface area contributed by atoms with E-state index >= 15 is 0 Å². The van der Waals surface area contributed by atoms with E-state index in [1.807, 2.05) is 11.9 Å². The van der Waals surface area contributed by atoms with Crippen LogP contribution in [-0.4, -0.2) is 18.7 Å². The molecule has 0 saturated carbocycles. The minimum absolute atomic E-state index is 0.270. The lowest BCUT2D eigenvalue weighted by Gasteiger charge is -2.21. The zero-order valence-corrected chi connectivity index (χ0v) is 11.3. The molecule has 0 spiro atoms. The number of hydrogen-bond acceptors (Lipinski definition) is 2. The van der Waals surface area contributed by atoms with E-state index < -0.39 is 6.10 Å². The van der Waals surface area contributed by atoms with E-state index in [1.54, 1.807) is 24.3 Å². The Kier molecular flexibility index (Phi) is 4.69. The summed E-state index contributed by atoms with van der Waals surface area (Å²) in [6, 6.07) is 12.0. The summed E-state index contributed by atoms with van der Waals surface area (Å²) in [5.41, 5.74) is 1.58. The summed E-state index contributed by atoms with van der Waals surface area (Å²) in [6.07, 6.45) is -0.127. The van der Waals surface area contributed by atoms with Gasteiger partial charge in [-0.2, -0.15) is 0 Å². The number of anilines is 1. The minimum Gasteiger partial charge on any atom is -0.388 e. The average molecular weight is 277 g/mol. The van der Waals surface area contributed by atoms with Crippen molar-refractivity contribution in [3.05, 3.63) is 65.7 Å². The molecule has 0 radical (unpaired) electrons. The number of nitrogens with zero attached hydrogens (tertiary/aromatic N) is 1. The highest BCUT2D eigenvalue weighted by Crippen LogP contribution is 2.19. The number of rotatable bonds is 5. The zero-order chi connectivity index (χ0) is 14.5. The van der Waals surface area contributed by atoms with Gasteiger partial charge in [0.15, 0.2) is 0 Å². The van der Waals surface area contributed by atoms with Crippen LogP contribution in [0.3, 0.4) is 0 Å². The van der Waals surface area contributed by atoms with Gasteiger partial charge in [-0.25, -0.2) is 8.78 Å². The third-order valence-corrected chi connectivity index (χ3v) is 3.26. The molecule has 0 aliphatic heterocycles. The zero-order valence-electron chi connectivity index (χ0n) is 11.3. The fraction of sp³-hybridized carbons (Fsp3) is 0.250. The molecule has 4 heteroatoms. The lowest BCUT2D eigenvalue weighted by molar-refractivity contribution is 0.169. The molecule has 0 fully saturated rings. The predicted molar refractivity (Wildman–Crippen MR) is 75.6 cm³/mol. The van der Waals surface area contributed by atoms with Crippen molar-refractivity contribution in [1.82, 2.24) is 0 Å². The molecule has 1 atom stereocenters. The van der Waals surface area contributed by atoms with E-state index in [0.29, 0.717) is 18.5 Å². The number of hydrogen-bond donors (Lipinski definition) is 1. The highest BCUT2D eigenvalue weighted by atomic mass is 19.1. The van der Waals surface area contributed by atoms with Crippen molar-refractivity contribution >= 4 is 5.69 Å². The van der Waals surface area contributed by atoms with Gasteiger partial charge in [0, 0.05) is 19.3 Å². The van der Waals surface area contributed by atoms with Crippen molar-refractivity contribution in [3.8, 4) is 0 Å². The average Bonchev–Trinajstić information content (AvgIpc) is 2.46. The van der Waals surface area contributed by atoms with Crippen molar-refractivity contribution < 1.29 is 13.9 Å². The van der Waals surface area contributed by atoms with Crippen molar-refractivity contribution in [2.75, 3.05) is 18.5 Å². The number of aliphatic hydroxyl groups is 1. The SMILES string of the molecule is CN(CCC(O)c1ccc(F)cc1)c1ccc(F)cc1. The van der Waals surface area contributed by atoms with Gasteiger partial charge in [-0.3, -0.25) is 0 Å². The molecule has 0 saturated heterocycles. The van der Waals surface area contributed by atoms with Crippen LogP contribution in [0.4, 0.5) is 14.5 Å². The monoisotopic (exact) mass is 277 g/mol. The third-order valence-electron chi connectivity index (χ3n) is 3.26. The smallest absolute Gasteiger partial charge is 0.123 e. The van der Waals surface area contributed by atoms with Gasteiger partial charge in [-0.05, 0) is 48.4 Å². The first kappa shape index (κ1) is 14.5. The summed E-state index contributed by atoms with van der Waals surface area (Å²) in [7, 11) is 1.88. The van der Waals surface area contributed by atoms with Crippen LogP contribution in [0, 0.1) is 11.6 Å². The number of halogens is 2. The summed E-state index contributed by atoms with van der Waals surface area (Å²) in [4.78, 5) is 1.94. The molecule has 0 heterocycles. The van der Waals surface area contributed by atoms with Crippen molar-refractivity contribution in [2.45, 2.75) is 12.5 Å². The molecule has 0 amide bonds. The maximum Gasteiger partial charge on any atom is 0.123 e. The van der Waals surface area contributed by atoms with E-state index in [2.05, 4.69) is 0 Å². The van der Waals surface area contributed by atoms with Crippen LogP contribution in [-0.2, 0) is 0 Å². The predicted octanol–water partition coefficient (Wildman–Crippen LogP) is 3.52. The van der Waals surface area contributed by atoms with Crippen LogP contribution in [0.2, 0.25) is 0 Å². The first-order chi connectivity index (χ1) is 9.56. The Labute approximate surface area is 117 Å². The Morgan fingerprint density at radius 2 is 1.45 bits per heavy atom. The molecule has 0 aliphatic carbocycles. The van der Waals surface area contributed by atoms with Crippen LogP contribution in [0.1, 0.15) is 18.1 Å². The first-order valence-electron chi connectivity index (χ1n) is 6.46. The molecule has 20 heavy (non-hydrogen) atoms. The van der Waals surface area contributed by atoms with Crippen molar-refractivity contribution in [3.63, 3.8) is 0 Å². The van der Waals surface area contributed by atoms with Crippen molar-refractivity contribution in [1.29, 1.82) is 0 Å². The Balaban J connectivity index is 1.91. The summed E-state index contributed by atoms with van der Waals surface area (Å²) in [6.45, 7) is 0.615. The van der Waals surface area contributed by atoms with Gasteiger partial charge in [0.05, 0.1) is 6.10 Å². The van der Waals surface area contributed by atoms with Gasteiger partial charge >= 0.3 is 0 Å². The molecule has 0 bridgehead atoms. The van der Waals surface area contributed by atoms with Crippen LogP contribution < -0.4 is 4.90 Å². The van der Waals surface area contributed by atoms with Crippen LogP contribution in [0.5, 0.6) is 0 Å². The quantitative estimate of drug-likeness (QED) is 0.903. The number of benzene rings is 2. The molecular weight excluding hydrogens is 260 g/mol. The minimum atomic E-state index is -0.640. The standard InChI is InChI=1S/C16H17F2NO/c1-19(15-8-6-14(18)7-9-15)11-10-16(20)12-2-4-13(17)5-3-12/h2-9,16,20H,10-11H2,1H3. The Bertz CT molecular complexity index is 488. The summed E-state index contributed by atoms with van der Waals surface area (Å²) >= 11 is 0. The fourth-order valence-corrected chi connectivity index (χ4v) is 1.99. The second kappa shape index (κ2) is 6.48. The first-order valence-corrected chi connectivity index (χ1v) is 6.46. The Morgan fingerprint density at radius 3 is 2.00 bits per heavy atom. The molecule has 2 nitrogen and oxygen atoms in total. The van der Waals surface area contributed by atoms with Crippen LogP contribution >= 0.6 is 0 Å². The molecule has 0 aromatic heterocycles. The van der Waals surface area contributed by atoms with E-state index in [4.69, 9.17) is 0 Å². The lowest BCUT2D eigenvalue weighted by Crippen LogP contribution is -2.20. The molecule has 2 rings (SSSR count). The van der Waals surface area contributed by atoms with E-state index in [0.717, 1.165) is 5.69 Å². The Hall–Kier alpha value is -1.94. The van der Waals surface area contributed by atoms with Crippen LogP contribution in [0.25, 0.3) is 0 Å². The van der Waals surface area contributed by atoms with E-state index in [1.165, 1.54) is 24.3 Å². The third kappa shape index (κ3) is 3.78. The van der Waals surface area contributed by atoms with Crippen molar-refractivity contribution in [2.24, 2.45) is 0 Å². The molecule has 2 aromatic rings. The second-order valence-electron chi connectivity index (χ2n) is 4.75. The maximum absolute atomic E-state index is 12.8. The molecule has 1 unspecified atom stereocenters. The second-order valence-corrected chi connectivity index (χ2v) is 4.75. The highest BCUT2D eigenvalue weighted by molar-refractivity contribution is 5.45. The summed E-state index contributed by atoms with van der Waals surface area (Å²) in [5.74, 6) is -0.585. The molecular formula is C16H17F2NO. The summed E-state index contributed by atoms with van der Waals surface area (Å²) in [5, 5.41) is 10.0. The lowest BCUT2D eigenvalue weighted by atomic mass is 10.1. The highest BCUT2D eigenvalue weighted by Gasteiger charge is 2.09. The Morgan fingerprint density at radius 1 is 0.950 bits per heavy atom. The fourth-order valence-electron chi connectivity index (χ4n) is 1.99. The largest absolute Gasteiger partial charge is 0.388 e. The normalized spacial score (nSPS) is 12.2. The molecule has 106 valence electrons. The van der Waals surface area contributed by atoms with E-state index in [-0.39, 0.29) is 11.6 Å². The van der Waals surface area contributed by atoms with Crippen LogP contribution in [0.15, 0.2) is 48.5 Å². The number of aliphatic hydroxyl groups excluding tert-OH is 1.